The number of rotatable bonds is 2. The molecule has 1 aromatic carbocycles. The highest BCUT2D eigenvalue weighted by atomic mass is 16.5. The normalized spacial score (nSPS) is 19.9. The van der Waals surface area contributed by atoms with Crippen LogP contribution >= 0.6 is 0 Å². The second kappa shape index (κ2) is 4.40. The standard InChI is InChI=1S/C14H17NO2/c16-13-7-8-17-14-9-11(5-6-12(13)14)15-10-3-1-2-4-10/h5-6,9-10,15H,1-4,7-8H2. The largest absolute Gasteiger partial charge is 0.492 e. The molecule has 2 aliphatic rings. The molecular weight excluding hydrogens is 214 g/mol. The van der Waals surface area contributed by atoms with Crippen molar-refractivity contribution in [3.63, 3.8) is 0 Å². The Hall–Kier alpha value is -1.51. The minimum atomic E-state index is 0.193. The number of carbonyl (C=O) groups excluding carboxylic acids is 1. The molecule has 1 aliphatic heterocycles. The average Bonchev–Trinajstić information content (AvgIpc) is 2.82. The second-order valence-electron chi connectivity index (χ2n) is 4.86. The number of hydrogen-bond acceptors (Lipinski definition) is 3. The zero-order valence-corrected chi connectivity index (χ0v) is 9.87. The van der Waals surface area contributed by atoms with Crippen LogP contribution in [-0.4, -0.2) is 18.4 Å². The fourth-order valence-corrected chi connectivity index (χ4v) is 2.66. The minimum absolute atomic E-state index is 0.193. The molecule has 1 saturated carbocycles. The fourth-order valence-electron chi connectivity index (χ4n) is 2.66. The van der Waals surface area contributed by atoms with Gasteiger partial charge in [-0.1, -0.05) is 12.8 Å². The first-order valence-electron chi connectivity index (χ1n) is 6.39. The summed E-state index contributed by atoms with van der Waals surface area (Å²) in [6.07, 6.45) is 5.63. The van der Waals surface area contributed by atoms with E-state index in [0.29, 0.717) is 19.1 Å². The third-order valence-electron chi connectivity index (χ3n) is 3.59. The number of carbonyl (C=O) groups is 1. The fraction of sp³-hybridized carbons (Fsp3) is 0.500. The first-order chi connectivity index (χ1) is 8.33. The van der Waals surface area contributed by atoms with Crippen LogP contribution in [0.15, 0.2) is 18.2 Å². The Morgan fingerprint density at radius 3 is 2.88 bits per heavy atom. The number of ketones is 1. The van der Waals surface area contributed by atoms with Gasteiger partial charge in [0.2, 0.25) is 0 Å². The Bertz CT molecular complexity index is 436. The molecule has 0 saturated heterocycles. The van der Waals surface area contributed by atoms with E-state index in [1.165, 1.54) is 25.7 Å². The third-order valence-corrected chi connectivity index (χ3v) is 3.59. The van der Waals surface area contributed by atoms with E-state index in [1.807, 2.05) is 18.2 Å². The Balaban J connectivity index is 1.80. The molecule has 3 heteroatoms. The van der Waals surface area contributed by atoms with Crippen molar-refractivity contribution in [3.8, 4) is 5.75 Å². The zero-order chi connectivity index (χ0) is 11.7. The molecule has 1 aromatic rings. The summed E-state index contributed by atoms with van der Waals surface area (Å²) in [7, 11) is 0. The maximum Gasteiger partial charge on any atom is 0.169 e. The highest BCUT2D eigenvalue weighted by molar-refractivity contribution is 6.00. The highest BCUT2D eigenvalue weighted by Crippen LogP contribution is 2.29. The van der Waals surface area contributed by atoms with Gasteiger partial charge in [0, 0.05) is 24.2 Å². The lowest BCUT2D eigenvalue weighted by atomic mass is 10.0. The molecule has 3 nitrogen and oxygen atoms in total. The van der Waals surface area contributed by atoms with Crippen LogP contribution in [0.1, 0.15) is 42.5 Å². The smallest absolute Gasteiger partial charge is 0.169 e. The number of fused-ring (bicyclic) bond motifs is 1. The molecule has 0 aromatic heterocycles. The van der Waals surface area contributed by atoms with E-state index in [-0.39, 0.29) is 5.78 Å². The van der Waals surface area contributed by atoms with E-state index in [0.717, 1.165) is 17.0 Å². The zero-order valence-electron chi connectivity index (χ0n) is 9.87. The Morgan fingerprint density at radius 2 is 2.06 bits per heavy atom. The predicted molar refractivity (Wildman–Crippen MR) is 66.8 cm³/mol. The first kappa shape index (κ1) is 10.6. The average molecular weight is 231 g/mol. The molecule has 3 rings (SSSR count). The summed E-state index contributed by atoms with van der Waals surface area (Å²) in [5, 5.41) is 3.51. The van der Waals surface area contributed by atoms with Crippen LogP contribution in [0, 0.1) is 0 Å². The van der Waals surface area contributed by atoms with Crippen LogP contribution in [0.5, 0.6) is 5.75 Å². The summed E-state index contributed by atoms with van der Waals surface area (Å²) in [6, 6.07) is 6.43. The SMILES string of the molecule is O=C1CCOc2cc(NC3CCCC3)ccc21. The molecule has 1 heterocycles. The van der Waals surface area contributed by atoms with E-state index >= 15 is 0 Å². The van der Waals surface area contributed by atoms with Gasteiger partial charge in [-0.25, -0.2) is 0 Å². The molecule has 17 heavy (non-hydrogen) atoms. The van der Waals surface area contributed by atoms with Gasteiger partial charge >= 0.3 is 0 Å². The number of Topliss-reactive ketones (excluding diaryl/α,β-unsaturated/α-hetero) is 1. The van der Waals surface area contributed by atoms with Crippen LogP contribution < -0.4 is 10.1 Å². The van der Waals surface area contributed by atoms with Crippen molar-refractivity contribution in [1.29, 1.82) is 0 Å². The lowest BCUT2D eigenvalue weighted by Gasteiger charge is -2.19. The monoisotopic (exact) mass is 231 g/mol. The van der Waals surface area contributed by atoms with Gasteiger partial charge in [0.1, 0.15) is 5.75 Å². The van der Waals surface area contributed by atoms with Crippen LogP contribution in [-0.2, 0) is 0 Å². The van der Waals surface area contributed by atoms with Crippen LogP contribution in [0.4, 0.5) is 5.69 Å². The number of nitrogens with one attached hydrogen (secondary N) is 1. The first-order valence-corrected chi connectivity index (χ1v) is 6.39. The van der Waals surface area contributed by atoms with Crippen molar-refractivity contribution in [3.05, 3.63) is 23.8 Å². The van der Waals surface area contributed by atoms with E-state index in [4.69, 9.17) is 4.74 Å². The van der Waals surface area contributed by atoms with Crippen LogP contribution in [0.3, 0.4) is 0 Å². The van der Waals surface area contributed by atoms with Crippen molar-refractivity contribution < 1.29 is 9.53 Å². The van der Waals surface area contributed by atoms with Gasteiger partial charge < -0.3 is 10.1 Å². The molecule has 0 atom stereocenters. The van der Waals surface area contributed by atoms with Crippen molar-refractivity contribution in [2.45, 2.75) is 38.1 Å². The van der Waals surface area contributed by atoms with Gasteiger partial charge in [0.15, 0.2) is 5.78 Å². The van der Waals surface area contributed by atoms with Crippen molar-refractivity contribution in [1.82, 2.24) is 0 Å². The van der Waals surface area contributed by atoms with Gasteiger partial charge in [-0.05, 0) is 25.0 Å². The molecule has 0 radical (unpaired) electrons. The summed E-state index contributed by atoms with van der Waals surface area (Å²) in [4.78, 5) is 11.6. The van der Waals surface area contributed by atoms with E-state index < -0.39 is 0 Å². The highest BCUT2D eigenvalue weighted by Gasteiger charge is 2.20. The minimum Gasteiger partial charge on any atom is -0.492 e. The maximum absolute atomic E-state index is 11.6. The maximum atomic E-state index is 11.6. The molecule has 1 fully saturated rings. The van der Waals surface area contributed by atoms with Crippen LogP contribution in [0.2, 0.25) is 0 Å². The van der Waals surface area contributed by atoms with E-state index in [1.54, 1.807) is 0 Å². The lowest BCUT2D eigenvalue weighted by Crippen LogP contribution is -2.17. The molecule has 0 spiro atoms. The van der Waals surface area contributed by atoms with E-state index in [2.05, 4.69) is 5.32 Å². The van der Waals surface area contributed by atoms with Crippen LogP contribution in [0.25, 0.3) is 0 Å². The topological polar surface area (TPSA) is 38.3 Å². The summed E-state index contributed by atoms with van der Waals surface area (Å²) in [6.45, 7) is 0.513. The van der Waals surface area contributed by atoms with Crippen molar-refractivity contribution in [2.24, 2.45) is 0 Å². The molecule has 0 unspecified atom stereocenters. The number of ether oxygens (including phenoxy) is 1. The summed E-state index contributed by atoms with van der Waals surface area (Å²) in [5.41, 5.74) is 1.80. The molecular formula is C14H17NO2. The molecule has 90 valence electrons. The second-order valence-corrected chi connectivity index (χ2v) is 4.86. The summed E-state index contributed by atoms with van der Waals surface area (Å²) in [5.74, 6) is 0.933. The van der Waals surface area contributed by atoms with Crippen molar-refractivity contribution in [2.75, 3.05) is 11.9 Å². The van der Waals surface area contributed by atoms with E-state index in [9.17, 15) is 4.79 Å². The molecule has 1 aliphatic carbocycles. The van der Waals surface area contributed by atoms with Gasteiger partial charge in [0.05, 0.1) is 12.2 Å². The van der Waals surface area contributed by atoms with Gasteiger partial charge in [-0.2, -0.15) is 0 Å². The Morgan fingerprint density at radius 1 is 1.24 bits per heavy atom. The number of anilines is 1. The molecule has 0 amide bonds. The predicted octanol–water partition coefficient (Wildman–Crippen LogP) is 3.01. The van der Waals surface area contributed by atoms with Gasteiger partial charge in [0.25, 0.3) is 0 Å². The van der Waals surface area contributed by atoms with Gasteiger partial charge in [-0.3, -0.25) is 4.79 Å². The number of benzene rings is 1. The number of hydrogen-bond donors (Lipinski definition) is 1. The summed E-state index contributed by atoms with van der Waals surface area (Å²) < 4.78 is 5.54. The van der Waals surface area contributed by atoms with Crippen molar-refractivity contribution >= 4 is 11.5 Å². The Labute approximate surface area is 101 Å². The summed E-state index contributed by atoms with van der Waals surface area (Å²) >= 11 is 0. The molecule has 1 N–H and O–H groups in total. The van der Waals surface area contributed by atoms with Gasteiger partial charge in [-0.15, -0.1) is 0 Å². The molecule has 0 bridgehead atoms. The Kier molecular flexibility index (Phi) is 2.75. The quantitative estimate of drug-likeness (QED) is 0.850. The third kappa shape index (κ3) is 2.14. The lowest BCUT2D eigenvalue weighted by molar-refractivity contribution is 0.0933.